The highest BCUT2D eigenvalue weighted by atomic mass is 35.5. The minimum atomic E-state index is -0.977. The molecule has 2 fully saturated rings. The first kappa shape index (κ1) is 62.2. The number of hydrogen-bond donors (Lipinski definition) is 8. The normalized spacial score (nSPS) is 20.3. The van der Waals surface area contributed by atoms with Crippen LogP contribution in [0.5, 0.6) is 0 Å². The lowest BCUT2D eigenvalue weighted by atomic mass is 9.97. The van der Waals surface area contributed by atoms with Crippen LogP contribution in [0.15, 0.2) is 84.9 Å². The number of halogens is 2. The summed E-state index contributed by atoms with van der Waals surface area (Å²) < 4.78 is 0. The third kappa shape index (κ3) is 16.0. The van der Waals surface area contributed by atoms with E-state index in [1.807, 2.05) is 102 Å². The minimum absolute atomic E-state index is 0. The molecule has 0 aliphatic carbocycles. The molecular weight excluding hydrogens is 988 g/mol. The molecule has 8 amide bonds. The Balaban J connectivity index is 0.00000722. The number of amides is 8. The van der Waals surface area contributed by atoms with Gasteiger partial charge in [0.25, 0.3) is 11.8 Å². The second-order valence-corrected chi connectivity index (χ2v) is 19.5. The maximum absolute atomic E-state index is 14.5. The lowest BCUT2D eigenvalue weighted by Crippen LogP contribution is -2.57. The highest BCUT2D eigenvalue weighted by Gasteiger charge is 2.46. The van der Waals surface area contributed by atoms with Crippen LogP contribution >= 0.6 is 24.8 Å². The number of carbonyl (C=O) groups excluding carboxylic acids is 8. The summed E-state index contributed by atoms with van der Waals surface area (Å²) in [7, 11) is 3.29. The van der Waals surface area contributed by atoms with Crippen LogP contribution in [0.25, 0.3) is 0 Å². The van der Waals surface area contributed by atoms with Crippen molar-refractivity contribution in [2.24, 2.45) is 11.8 Å². The molecule has 2 saturated heterocycles. The van der Waals surface area contributed by atoms with E-state index in [2.05, 4.69) is 42.5 Å². The van der Waals surface area contributed by atoms with Crippen LogP contribution < -0.4 is 42.5 Å². The SMILES string of the molecule is CC[C@H](C)C(NC(=O)[C@H](C)NC)C(=O)N1C[C@@H](NC(=O)c2cccc(C(=O)N[C@H]3C[C@@H](C(=O)N[C@H](C)c4ccccc4)N(C(=O)C(NC(=O)[C@H](C)NC)[C@@H](C)CC)C3)c2)C[C@H]1C(=O)NC(C)c1ccccc1.Cl.Cl. The van der Waals surface area contributed by atoms with E-state index in [1.54, 1.807) is 46.1 Å². The Bertz CT molecular complexity index is 2230. The van der Waals surface area contributed by atoms with Gasteiger partial charge in [0, 0.05) is 36.3 Å². The van der Waals surface area contributed by atoms with Crippen molar-refractivity contribution in [3.8, 4) is 0 Å². The molecule has 18 nitrogen and oxygen atoms in total. The maximum Gasteiger partial charge on any atom is 0.251 e. The summed E-state index contributed by atoms with van der Waals surface area (Å²) >= 11 is 0. The summed E-state index contributed by atoms with van der Waals surface area (Å²) in [6.07, 6.45) is 1.32. The fraction of sp³-hybridized carbons (Fsp3) is 0.519. The first-order valence-electron chi connectivity index (χ1n) is 25.3. The zero-order chi connectivity index (χ0) is 52.8. The van der Waals surface area contributed by atoms with Gasteiger partial charge in [0.2, 0.25) is 35.4 Å². The first-order chi connectivity index (χ1) is 34.3. The molecule has 3 aromatic carbocycles. The van der Waals surface area contributed by atoms with Gasteiger partial charge in [-0.25, -0.2) is 0 Å². The van der Waals surface area contributed by atoms with Gasteiger partial charge in [0.15, 0.2) is 0 Å². The van der Waals surface area contributed by atoms with Gasteiger partial charge in [-0.05, 0) is 95.8 Å². The minimum Gasteiger partial charge on any atom is -0.348 e. The van der Waals surface area contributed by atoms with Crippen molar-refractivity contribution in [2.45, 2.75) is 141 Å². The Kier molecular flexibility index (Phi) is 24.5. The van der Waals surface area contributed by atoms with E-state index in [0.717, 1.165) is 11.1 Å². The average Bonchev–Trinajstić information content (AvgIpc) is 4.03. The van der Waals surface area contributed by atoms with Crippen LogP contribution in [0, 0.1) is 11.8 Å². The van der Waals surface area contributed by atoms with Gasteiger partial charge in [-0.1, -0.05) is 107 Å². The van der Waals surface area contributed by atoms with Crippen LogP contribution in [-0.2, 0) is 28.8 Å². The number of likely N-dealkylation sites (tertiary alicyclic amines) is 2. The Hall–Kier alpha value is -6.08. The third-order valence-electron chi connectivity index (χ3n) is 14.4. The van der Waals surface area contributed by atoms with E-state index in [1.165, 1.54) is 15.9 Å². The predicted molar refractivity (Wildman–Crippen MR) is 289 cm³/mol. The van der Waals surface area contributed by atoms with Crippen molar-refractivity contribution in [2.75, 3.05) is 27.2 Å². The van der Waals surface area contributed by atoms with E-state index < -0.39 is 83.8 Å². The summed E-state index contributed by atoms with van der Waals surface area (Å²) in [6.45, 7) is 14.6. The van der Waals surface area contributed by atoms with Crippen molar-refractivity contribution in [3.63, 3.8) is 0 Å². The van der Waals surface area contributed by atoms with Crippen molar-refractivity contribution >= 4 is 72.1 Å². The largest absolute Gasteiger partial charge is 0.348 e. The molecule has 2 aliphatic heterocycles. The highest BCUT2D eigenvalue weighted by molar-refractivity contribution is 6.01. The van der Waals surface area contributed by atoms with E-state index in [9.17, 15) is 38.4 Å². The summed E-state index contributed by atoms with van der Waals surface area (Å²) in [5.41, 5.74) is 2.04. The monoisotopic (exact) mass is 1060 g/mol. The summed E-state index contributed by atoms with van der Waals surface area (Å²) in [6, 6.07) is 17.8. The predicted octanol–water partition coefficient (Wildman–Crippen LogP) is 3.96. The van der Waals surface area contributed by atoms with Crippen molar-refractivity contribution in [3.05, 3.63) is 107 Å². The maximum atomic E-state index is 14.5. The van der Waals surface area contributed by atoms with Crippen LogP contribution in [0.2, 0.25) is 0 Å². The number of nitrogens with one attached hydrogen (secondary N) is 8. The van der Waals surface area contributed by atoms with E-state index in [-0.39, 0.29) is 97.6 Å². The number of hydrogen-bond acceptors (Lipinski definition) is 10. The van der Waals surface area contributed by atoms with E-state index >= 15 is 0 Å². The zero-order valence-corrected chi connectivity index (χ0v) is 45.9. The Labute approximate surface area is 448 Å². The smallest absolute Gasteiger partial charge is 0.251 e. The molecule has 3 aromatic rings. The molecule has 0 spiro atoms. The van der Waals surface area contributed by atoms with Gasteiger partial charge in [-0.3, -0.25) is 38.4 Å². The van der Waals surface area contributed by atoms with E-state index in [4.69, 9.17) is 0 Å². The molecule has 20 heteroatoms. The fourth-order valence-electron chi connectivity index (χ4n) is 9.02. The summed E-state index contributed by atoms with van der Waals surface area (Å²) in [4.78, 5) is 114. The summed E-state index contributed by atoms with van der Waals surface area (Å²) in [5, 5.41) is 23.6. The Morgan fingerprint density at radius 3 is 1.19 bits per heavy atom. The van der Waals surface area contributed by atoms with Gasteiger partial charge in [-0.15, -0.1) is 24.8 Å². The second kappa shape index (κ2) is 29.1. The Morgan fingerprint density at radius 1 is 0.514 bits per heavy atom. The third-order valence-corrected chi connectivity index (χ3v) is 14.4. The number of benzene rings is 3. The molecule has 0 saturated carbocycles. The molecular formula is C54H78Cl2N10O8. The van der Waals surface area contributed by atoms with Gasteiger partial charge in [0.05, 0.1) is 24.2 Å². The molecule has 3 unspecified atom stereocenters. The van der Waals surface area contributed by atoms with Gasteiger partial charge in [-0.2, -0.15) is 0 Å². The lowest BCUT2D eigenvalue weighted by molar-refractivity contribution is -0.143. The van der Waals surface area contributed by atoms with Gasteiger partial charge < -0.3 is 52.3 Å². The molecule has 2 aliphatic rings. The summed E-state index contributed by atoms with van der Waals surface area (Å²) in [5.74, 6) is -4.06. The molecule has 0 bridgehead atoms. The topological polar surface area (TPSA) is 239 Å². The lowest BCUT2D eigenvalue weighted by Gasteiger charge is -2.32. The fourth-order valence-corrected chi connectivity index (χ4v) is 9.02. The zero-order valence-electron chi connectivity index (χ0n) is 44.2. The second-order valence-electron chi connectivity index (χ2n) is 19.5. The van der Waals surface area contributed by atoms with E-state index in [0.29, 0.717) is 12.8 Å². The van der Waals surface area contributed by atoms with Gasteiger partial charge in [0.1, 0.15) is 24.2 Å². The van der Waals surface area contributed by atoms with Crippen LogP contribution in [-0.4, -0.2) is 133 Å². The molecule has 406 valence electrons. The molecule has 5 rings (SSSR count). The van der Waals surface area contributed by atoms with Crippen molar-refractivity contribution in [1.82, 2.24) is 52.3 Å². The van der Waals surface area contributed by atoms with Crippen molar-refractivity contribution in [1.29, 1.82) is 0 Å². The number of likely N-dealkylation sites (N-methyl/N-ethyl adjacent to an activating group) is 2. The van der Waals surface area contributed by atoms with Gasteiger partial charge >= 0.3 is 0 Å². The molecule has 74 heavy (non-hydrogen) atoms. The highest BCUT2D eigenvalue weighted by Crippen LogP contribution is 2.26. The average molecular weight is 1070 g/mol. The number of carbonyl (C=O) groups is 8. The van der Waals surface area contributed by atoms with Crippen LogP contribution in [0.3, 0.4) is 0 Å². The molecule has 12 atom stereocenters. The Morgan fingerprint density at radius 2 is 0.865 bits per heavy atom. The molecule has 0 aromatic heterocycles. The van der Waals surface area contributed by atoms with Crippen molar-refractivity contribution < 1.29 is 38.4 Å². The molecule has 8 N–H and O–H groups in total. The quantitative estimate of drug-likeness (QED) is 0.0721. The molecule has 0 radical (unpaired) electrons. The number of nitrogens with zero attached hydrogens (tertiary/aromatic N) is 2. The first-order valence-corrected chi connectivity index (χ1v) is 25.3. The molecule has 2 heterocycles. The number of rotatable bonds is 22. The standard InChI is InChI=1S/C54H76N10O8.2ClH/c1-11-31(3)45(61-47(65)35(7)55-9)53(71)63-29-41(27-43(63)51(69)57-33(5)37-20-15-13-16-21-37)59-49(67)39-24-19-25-40(26-39)50(68)60-42-28-44(52(70)58-34(6)38-22-17-14-18-23-38)64(30-42)54(72)46(32(4)12-2)62-48(66)36(8)56-10;;/h13-26,31-36,41-46,55-56H,11-12,27-30H2,1-10H3,(H,57,69)(H,58,70)(H,59,67)(H,60,68)(H,61,65)(H,62,66);2*1H/t31-,32-,33+,34?,35-,36-,41-,42-,43-,44-,45?,46?;;/m0../s1. The van der Waals surface area contributed by atoms with Crippen LogP contribution in [0.4, 0.5) is 0 Å². The van der Waals surface area contributed by atoms with Crippen LogP contribution in [0.1, 0.15) is 125 Å².